The van der Waals surface area contributed by atoms with Gasteiger partial charge in [0.05, 0.1) is 5.69 Å². The predicted octanol–water partition coefficient (Wildman–Crippen LogP) is -2.35. The number of hydrogen-bond acceptors (Lipinski definition) is 5. The van der Waals surface area contributed by atoms with Gasteiger partial charge in [0.15, 0.2) is 5.13 Å². The molecule has 1 heterocycles. The van der Waals surface area contributed by atoms with Crippen molar-refractivity contribution in [2.75, 3.05) is 5.32 Å². The molecule has 1 N–H and O–H groups in total. The molecule has 0 aliphatic heterocycles. The van der Waals surface area contributed by atoms with E-state index < -0.39 is 5.97 Å². The minimum absolute atomic E-state index is 0. The number of carboxylic acids is 1. The third kappa shape index (κ3) is 3.82. The van der Waals surface area contributed by atoms with Gasteiger partial charge < -0.3 is 15.2 Å². The predicted molar refractivity (Wildman–Crippen MR) is 56.6 cm³/mol. The summed E-state index contributed by atoms with van der Waals surface area (Å²) in [7, 11) is 0. The molecule has 6 heteroatoms. The molecule has 0 saturated heterocycles. The Morgan fingerprint density at radius 1 is 1.75 bits per heavy atom. The van der Waals surface area contributed by atoms with E-state index in [-0.39, 0.29) is 25.3 Å². The summed E-state index contributed by atoms with van der Waals surface area (Å²) in [5.74, 6) is -0.319. The molecule has 0 spiro atoms. The average molecular weight is 232 g/mol. The van der Waals surface area contributed by atoms with Crippen LogP contribution in [0.4, 0.5) is 5.13 Å². The van der Waals surface area contributed by atoms with E-state index in [1.165, 1.54) is 24.2 Å². The largest absolute Gasteiger partial charge is 1.00 e. The van der Waals surface area contributed by atoms with E-state index in [4.69, 9.17) is 0 Å². The quantitative estimate of drug-likeness (QED) is 0.577. The number of thiazole rings is 1. The summed E-state index contributed by atoms with van der Waals surface area (Å²) in [5, 5.41) is 16.2. The number of nitrogens with zero attached hydrogens (tertiary/aromatic N) is 1. The van der Waals surface area contributed by atoms with Gasteiger partial charge in [-0.2, -0.15) is 0 Å². The standard InChI is InChI=1S/C10H14N2O2S.Li/c1-6(7-2-3-7)11-10-12-8(5-15-10)4-9(13)14;/h5-7H,2-4H2,1H3,(H,11,12)(H,13,14);/q;+1/p-1. The van der Waals surface area contributed by atoms with Gasteiger partial charge in [0, 0.05) is 23.8 Å². The van der Waals surface area contributed by atoms with Crippen molar-refractivity contribution in [3.05, 3.63) is 11.1 Å². The smallest absolute Gasteiger partial charge is 0.550 e. The Bertz CT molecular complexity index is 365. The number of aliphatic carboxylic acids is 1. The van der Waals surface area contributed by atoms with Crippen LogP contribution in [-0.4, -0.2) is 17.0 Å². The molecule has 82 valence electrons. The third-order valence-corrected chi connectivity index (χ3v) is 3.38. The number of anilines is 1. The Balaban J connectivity index is 0.00000128. The zero-order valence-electron chi connectivity index (χ0n) is 9.53. The average Bonchev–Trinajstić information content (AvgIpc) is 2.90. The molecule has 0 amide bonds. The maximum Gasteiger partial charge on any atom is 1.00 e. The van der Waals surface area contributed by atoms with E-state index in [9.17, 15) is 9.90 Å². The molecule has 1 fully saturated rings. The first kappa shape index (κ1) is 13.6. The summed E-state index contributed by atoms with van der Waals surface area (Å²) in [6.07, 6.45) is 2.47. The van der Waals surface area contributed by atoms with Crippen molar-refractivity contribution in [2.24, 2.45) is 5.92 Å². The monoisotopic (exact) mass is 232 g/mol. The Labute approximate surface area is 111 Å². The number of hydrogen-bond donors (Lipinski definition) is 1. The minimum atomic E-state index is -1.08. The van der Waals surface area contributed by atoms with Crippen molar-refractivity contribution in [3.63, 3.8) is 0 Å². The SMILES string of the molecule is CC(Nc1nc(CC(=O)[O-])cs1)C1CC1.[Li+]. The molecule has 4 nitrogen and oxygen atoms in total. The summed E-state index contributed by atoms with van der Waals surface area (Å²) in [4.78, 5) is 14.5. The van der Waals surface area contributed by atoms with Crippen molar-refractivity contribution in [2.45, 2.75) is 32.2 Å². The molecule has 0 aromatic carbocycles. The Hall–Kier alpha value is -0.503. The van der Waals surface area contributed by atoms with Crippen molar-refractivity contribution in [1.82, 2.24) is 4.98 Å². The van der Waals surface area contributed by atoms with Gasteiger partial charge in [0.2, 0.25) is 0 Å². The van der Waals surface area contributed by atoms with E-state index in [0.29, 0.717) is 11.7 Å². The van der Waals surface area contributed by atoms with Gasteiger partial charge in [-0.05, 0) is 25.7 Å². The van der Waals surface area contributed by atoms with Gasteiger partial charge >= 0.3 is 18.9 Å². The zero-order chi connectivity index (χ0) is 10.8. The molecule has 0 radical (unpaired) electrons. The van der Waals surface area contributed by atoms with Crippen molar-refractivity contribution in [3.8, 4) is 0 Å². The molecule has 1 aliphatic rings. The van der Waals surface area contributed by atoms with Crippen LogP contribution in [0.3, 0.4) is 0 Å². The summed E-state index contributed by atoms with van der Waals surface area (Å²) in [6, 6.07) is 0.437. The first-order valence-corrected chi connectivity index (χ1v) is 5.94. The maximum atomic E-state index is 10.4. The number of carboxylic acid groups (broad SMARTS) is 1. The van der Waals surface area contributed by atoms with Crippen LogP contribution in [0.25, 0.3) is 0 Å². The van der Waals surface area contributed by atoms with Crippen LogP contribution in [0.1, 0.15) is 25.5 Å². The van der Waals surface area contributed by atoms with Crippen LogP contribution in [0.5, 0.6) is 0 Å². The molecule has 1 aromatic rings. The molecule has 16 heavy (non-hydrogen) atoms. The second-order valence-corrected chi connectivity index (χ2v) is 4.82. The normalized spacial score (nSPS) is 16.3. The summed E-state index contributed by atoms with van der Waals surface area (Å²) in [5.41, 5.74) is 0.575. The summed E-state index contributed by atoms with van der Waals surface area (Å²) in [6.45, 7) is 2.14. The maximum absolute atomic E-state index is 10.4. The van der Waals surface area contributed by atoms with Crippen LogP contribution in [0.15, 0.2) is 5.38 Å². The first-order valence-electron chi connectivity index (χ1n) is 5.06. The molecule has 1 saturated carbocycles. The molecular formula is C10H13LiN2O2S. The van der Waals surface area contributed by atoms with E-state index in [2.05, 4.69) is 17.2 Å². The molecule has 1 atom stereocenters. The zero-order valence-corrected chi connectivity index (χ0v) is 10.3. The fourth-order valence-electron chi connectivity index (χ4n) is 1.51. The Kier molecular flexibility index (Phi) is 4.84. The van der Waals surface area contributed by atoms with Gasteiger partial charge in [-0.1, -0.05) is 0 Å². The van der Waals surface area contributed by atoms with Gasteiger partial charge in [-0.15, -0.1) is 11.3 Å². The van der Waals surface area contributed by atoms with Gasteiger partial charge in [0.25, 0.3) is 0 Å². The number of aromatic nitrogens is 1. The van der Waals surface area contributed by atoms with Crippen LogP contribution in [0, 0.1) is 5.92 Å². The minimum Gasteiger partial charge on any atom is -0.550 e. The Morgan fingerprint density at radius 3 is 3.00 bits per heavy atom. The molecular weight excluding hydrogens is 219 g/mol. The fraction of sp³-hybridized carbons (Fsp3) is 0.600. The van der Waals surface area contributed by atoms with E-state index in [1.54, 1.807) is 5.38 Å². The first-order chi connectivity index (χ1) is 7.15. The number of carbonyl (C=O) groups is 1. The second kappa shape index (κ2) is 5.72. The van der Waals surface area contributed by atoms with Crippen LogP contribution >= 0.6 is 11.3 Å². The fourth-order valence-corrected chi connectivity index (χ4v) is 2.32. The topological polar surface area (TPSA) is 65.0 Å². The molecule has 1 unspecified atom stereocenters. The second-order valence-electron chi connectivity index (χ2n) is 3.96. The van der Waals surface area contributed by atoms with Crippen LogP contribution in [0.2, 0.25) is 0 Å². The van der Waals surface area contributed by atoms with Gasteiger partial charge in [-0.3, -0.25) is 0 Å². The third-order valence-electron chi connectivity index (χ3n) is 2.56. The van der Waals surface area contributed by atoms with E-state index in [0.717, 1.165) is 11.0 Å². The molecule has 0 bridgehead atoms. The van der Waals surface area contributed by atoms with Crippen molar-refractivity contribution >= 4 is 22.4 Å². The Morgan fingerprint density at radius 2 is 2.44 bits per heavy atom. The van der Waals surface area contributed by atoms with E-state index >= 15 is 0 Å². The van der Waals surface area contributed by atoms with E-state index in [1.807, 2.05) is 0 Å². The van der Waals surface area contributed by atoms with Crippen molar-refractivity contribution in [1.29, 1.82) is 0 Å². The molecule has 1 aromatic heterocycles. The van der Waals surface area contributed by atoms with Gasteiger partial charge in [0.1, 0.15) is 0 Å². The number of nitrogens with one attached hydrogen (secondary N) is 1. The molecule has 1 aliphatic carbocycles. The van der Waals surface area contributed by atoms with Crippen LogP contribution < -0.4 is 29.3 Å². The summed E-state index contributed by atoms with van der Waals surface area (Å²) < 4.78 is 0. The number of rotatable bonds is 5. The molecule has 2 rings (SSSR count). The van der Waals surface area contributed by atoms with Crippen LogP contribution in [-0.2, 0) is 11.2 Å². The van der Waals surface area contributed by atoms with Crippen molar-refractivity contribution < 1.29 is 28.8 Å². The summed E-state index contributed by atoms with van der Waals surface area (Å²) >= 11 is 1.45. The van der Waals surface area contributed by atoms with Gasteiger partial charge in [-0.25, -0.2) is 4.98 Å². The number of carbonyl (C=O) groups excluding carboxylic acids is 1.